The molecule has 12 heavy (non-hydrogen) atoms. The average molecular weight is 276 g/mol. The van der Waals surface area contributed by atoms with Crippen LogP contribution in [0, 0.1) is 0 Å². The number of amidine groups is 1. The number of aromatic amines is 1. The van der Waals surface area contributed by atoms with Crippen LogP contribution in [0.5, 0.6) is 0 Å². The van der Waals surface area contributed by atoms with Gasteiger partial charge in [0.25, 0.3) is 0 Å². The molecule has 1 atom stereocenters. The fraction of sp³-hybridized carbons (Fsp3) is 0.286. The number of nitrogens with zero attached hydrogens (tertiary/aromatic N) is 1. The summed E-state index contributed by atoms with van der Waals surface area (Å²) in [6, 6.07) is 2.00. The van der Waals surface area contributed by atoms with Gasteiger partial charge in [-0.3, -0.25) is 4.99 Å². The molecule has 0 bridgehead atoms. The minimum Gasteiger partial charge on any atom is -0.348 e. The topological polar surface area (TPSA) is 52.2 Å². The third-order valence-electron chi connectivity index (χ3n) is 1.76. The molecule has 1 aliphatic rings. The first-order chi connectivity index (χ1) is 5.81. The van der Waals surface area contributed by atoms with Crippen LogP contribution in [0.3, 0.4) is 0 Å². The second-order valence-electron chi connectivity index (χ2n) is 2.49. The fourth-order valence-corrected chi connectivity index (χ4v) is 1.84. The molecular formula is C7H9IN4. The van der Waals surface area contributed by atoms with Crippen LogP contribution in [0.2, 0.25) is 0 Å². The van der Waals surface area contributed by atoms with Gasteiger partial charge in [0, 0.05) is 13.2 Å². The van der Waals surface area contributed by atoms with Gasteiger partial charge in [-0.2, -0.15) is 0 Å². The third-order valence-corrected chi connectivity index (χ3v) is 2.38. The van der Waals surface area contributed by atoms with Crippen molar-refractivity contribution in [3.8, 4) is 0 Å². The Labute approximate surface area is 84.0 Å². The second-order valence-corrected chi connectivity index (χ2v) is 3.74. The van der Waals surface area contributed by atoms with E-state index < -0.39 is 0 Å². The van der Waals surface area contributed by atoms with E-state index >= 15 is 0 Å². The Bertz CT molecular complexity index is 317. The van der Waals surface area contributed by atoms with Gasteiger partial charge in [-0.25, -0.2) is 0 Å². The predicted molar refractivity (Wildman–Crippen MR) is 57.8 cm³/mol. The van der Waals surface area contributed by atoms with Crippen molar-refractivity contribution in [3.63, 3.8) is 0 Å². The van der Waals surface area contributed by atoms with E-state index in [0.29, 0.717) is 0 Å². The van der Waals surface area contributed by atoms with Crippen LogP contribution in [0.15, 0.2) is 17.3 Å². The van der Waals surface area contributed by atoms with Gasteiger partial charge in [-0.05, 0) is 28.7 Å². The van der Waals surface area contributed by atoms with E-state index in [9.17, 15) is 0 Å². The van der Waals surface area contributed by atoms with Gasteiger partial charge < -0.3 is 15.6 Å². The Morgan fingerprint density at radius 3 is 3.08 bits per heavy atom. The number of aromatic nitrogens is 1. The molecule has 1 aromatic heterocycles. The first kappa shape index (κ1) is 7.90. The summed E-state index contributed by atoms with van der Waals surface area (Å²) in [5.74, 6) is 1.97. The van der Waals surface area contributed by atoms with Crippen LogP contribution in [-0.2, 0) is 0 Å². The van der Waals surface area contributed by atoms with Crippen molar-refractivity contribution in [2.45, 2.75) is 4.17 Å². The maximum Gasteiger partial charge on any atom is 0.152 e. The molecule has 0 aromatic carbocycles. The standard InChI is InChI=1S/C7H9IN4/c1-9-5-4-2-3-10-6(4)12-7(8)11-5/h2-3,7,10,12H,1H3,(H,9,11)/t7-/m1/s1. The summed E-state index contributed by atoms with van der Waals surface area (Å²) in [7, 11) is 1.79. The van der Waals surface area contributed by atoms with Gasteiger partial charge in [0.15, 0.2) is 4.17 Å². The van der Waals surface area contributed by atoms with Gasteiger partial charge in [-0.1, -0.05) is 0 Å². The van der Waals surface area contributed by atoms with E-state index in [1.807, 2.05) is 12.3 Å². The molecule has 0 saturated carbocycles. The second kappa shape index (κ2) is 2.96. The summed E-state index contributed by atoms with van der Waals surface area (Å²) in [6.45, 7) is 0. The summed E-state index contributed by atoms with van der Waals surface area (Å²) in [6.07, 6.45) is 1.90. The summed E-state index contributed by atoms with van der Waals surface area (Å²) >= 11 is 2.27. The first-order valence-corrected chi connectivity index (χ1v) is 4.87. The molecule has 1 aliphatic heterocycles. The van der Waals surface area contributed by atoms with Crippen molar-refractivity contribution >= 4 is 34.2 Å². The molecule has 2 heterocycles. The van der Waals surface area contributed by atoms with E-state index in [2.05, 4.69) is 43.2 Å². The number of nitrogens with one attached hydrogen (secondary N) is 3. The lowest BCUT2D eigenvalue weighted by Crippen LogP contribution is -2.41. The zero-order valence-electron chi connectivity index (χ0n) is 6.56. The monoisotopic (exact) mass is 276 g/mol. The first-order valence-electron chi connectivity index (χ1n) is 3.63. The van der Waals surface area contributed by atoms with Crippen LogP contribution in [0.25, 0.3) is 0 Å². The maximum atomic E-state index is 4.15. The lowest BCUT2D eigenvalue weighted by atomic mass is 10.2. The van der Waals surface area contributed by atoms with Crippen LogP contribution < -0.4 is 10.6 Å². The van der Waals surface area contributed by atoms with Crippen molar-refractivity contribution in [3.05, 3.63) is 17.8 Å². The Balaban J connectivity index is 2.45. The number of halogens is 1. The van der Waals surface area contributed by atoms with E-state index in [1.54, 1.807) is 7.05 Å². The summed E-state index contributed by atoms with van der Waals surface area (Å²) in [5.41, 5.74) is 1.10. The quantitative estimate of drug-likeness (QED) is 0.378. The average Bonchev–Trinajstić information content (AvgIpc) is 2.50. The van der Waals surface area contributed by atoms with Gasteiger partial charge in [0.05, 0.1) is 5.56 Å². The van der Waals surface area contributed by atoms with E-state index in [1.165, 1.54) is 0 Å². The van der Waals surface area contributed by atoms with Crippen LogP contribution in [0.4, 0.5) is 5.82 Å². The number of fused-ring (bicyclic) bond motifs is 1. The molecule has 0 spiro atoms. The number of alkyl halides is 1. The molecular weight excluding hydrogens is 267 g/mol. The highest BCUT2D eigenvalue weighted by atomic mass is 127. The number of anilines is 1. The fourth-order valence-electron chi connectivity index (χ4n) is 1.23. The number of aliphatic imine (C=N–C) groups is 1. The SMILES string of the molecule is CN=C1N[C@@H](I)Nc2[nH]ccc21. The van der Waals surface area contributed by atoms with Crippen molar-refractivity contribution < 1.29 is 0 Å². The van der Waals surface area contributed by atoms with Gasteiger partial charge >= 0.3 is 0 Å². The summed E-state index contributed by atoms with van der Waals surface area (Å²) < 4.78 is 0.201. The molecule has 64 valence electrons. The smallest absolute Gasteiger partial charge is 0.152 e. The zero-order valence-corrected chi connectivity index (χ0v) is 8.71. The lowest BCUT2D eigenvalue weighted by molar-refractivity contribution is 0.914. The Morgan fingerprint density at radius 2 is 2.33 bits per heavy atom. The number of hydrogen-bond acceptors (Lipinski definition) is 2. The molecule has 3 N–H and O–H groups in total. The van der Waals surface area contributed by atoms with Gasteiger partial charge in [0.1, 0.15) is 11.7 Å². The zero-order chi connectivity index (χ0) is 8.55. The molecule has 0 aliphatic carbocycles. The third kappa shape index (κ3) is 1.17. The lowest BCUT2D eigenvalue weighted by Gasteiger charge is -2.23. The summed E-state index contributed by atoms with van der Waals surface area (Å²) in [5, 5.41) is 6.46. The maximum absolute atomic E-state index is 4.15. The molecule has 2 rings (SSSR count). The Kier molecular flexibility index (Phi) is 1.95. The molecule has 5 heteroatoms. The summed E-state index contributed by atoms with van der Waals surface area (Å²) in [4.78, 5) is 7.27. The molecule has 0 saturated heterocycles. The minimum absolute atomic E-state index is 0.201. The van der Waals surface area contributed by atoms with Gasteiger partial charge in [-0.15, -0.1) is 0 Å². The largest absolute Gasteiger partial charge is 0.348 e. The molecule has 1 aromatic rings. The molecule has 0 fully saturated rings. The molecule has 0 amide bonds. The van der Waals surface area contributed by atoms with Crippen LogP contribution >= 0.6 is 22.6 Å². The van der Waals surface area contributed by atoms with Crippen LogP contribution in [0.1, 0.15) is 5.56 Å². The highest BCUT2D eigenvalue weighted by Crippen LogP contribution is 2.19. The predicted octanol–water partition coefficient (Wildman–Crippen LogP) is 1.12. The van der Waals surface area contributed by atoms with Gasteiger partial charge in [0.2, 0.25) is 0 Å². The highest BCUT2D eigenvalue weighted by Gasteiger charge is 2.19. The van der Waals surface area contributed by atoms with E-state index in [4.69, 9.17) is 0 Å². The van der Waals surface area contributed by atoms with E-state index in [0.717, 1.165) is 17.2 Å². The van der Waals surface area contributed by atoms with E-state index in [-0.39, 0.29) is 4.17 Å². The van der Waals surface area contributed by atoms with Crippen molar-refractivity contribution in [2.75, 3.05) is 12.4 Å². The molecule has 0 unspecified atom stereocenters. The van der Waals surface area contributed by atoms with Crippen LogP contribution in [-0.4, -0.2) is 22.0 Å². The van der Waals surface area contributed by atoms with Crippen molar-refractivity contribution in [2.24, 2.45) is 4.99 Å². The van der Waals surface area contributed by atoms with Crippen molar-refractivity contribution in [1.82, 2.24) is 10.3 Å². The highest BCUT2D eigenvalue weighted by molar-refractivity contribution is 14.1. The number of rotatable bonds is 0. The molecule has 0 radical (unpaired) electrons. The number of H-pyrrole nitrogens is 1. The Morgan fingerprint density at radius 1 is 1.50 bits per heavy atom. The minimum atomic E-state index is 0.201. The molecule has 4 nitrogen and oxygen atoms in total. The Hall–Kier alpha value is -0.720. The normalized spacial score (nSPS) is 24.5. The number of hydrogen-bond donors (Lipinski definition) is 3. The van der Waals surface area contributed by atoms with Crippen molar-refractivity contribution in [1.29, 1.82) is 0 Å².